The van der Waals surface area contributed by atoms with Crippen molar-refractivity contribution in [2.45, 2.75) is 13.0 Å². The van der Waals surface area contributed by atoms with Gasteiger partial charge in [-0.3, -0.25) is 0 Å². The number of H-pyrrole nitrogens is 1. The van der Waals surface area contributed by atoms with Crippen LogP contribution in [0.25, 0.3) is 10.9 Å². The molecule has 0 amide bonds. The number of aromatic amines is 1. The first-order valence-electron chi connectivity index (χ1n) is 5.87. The zero-order valence-corrected chi connectivity index (χ0v) is 9.51. The van der Waals surface area contributed by atoms with Crippen LogP contribution >= 0.6 is 0 Å². The number of fused-ring (bicyclic) bond motifs is 1. The Morgan fingerprint density at radius 3 is 2.88 bits per heavy atom. The summed E-state index contributed by atoms with van der Waals surface area (Å²) in [5.74, 6) is 0. The summed E-state index contributed by atoms with van der Waals surface area (Å²) >= 11 is 0. The summed E-state index contributed by atoms with van der Waals surface area (Å²) in [6.45, 7) is 5.29. The maximum Gasteiger partial charge on any atom is 0.0471 e. The minimum Gasteiger partial charge on any atom is -0.358 e. The SMILES string of the molecule is Cc1[nH]c2ccccc2c1[C@H]1CNCCN1. The van der Waals surface area contributed by atoms with Crippen LogP contribution in [0.1, 0.15) is 17.3 Å². The van der Waals surface area contributed by atoms with E-state index in [1.54, 1.807) is 0 Å². The van der Waals surface area contributed by atoms with Gasteiger partial charge in [0.25, 0.3) is 0 Å². The molecule has 16 heavy (non-hydrogen) atoms. The molecule has 1 fully saturated rings. The lowest BCUT2D eigenvalue weighted by atomic mass is 10.0. The highest BCUT2D eigenvalue weighted by molar-refractivity contribution is 5.85. The number of aromatic nitrogens is 1. The van der Waals surface area contributed by atoms with Gasteiger partial charge in [-0.15, -0.1) is 0 Å². The lowest BCUT2D eigenvalue weighted by molar-refractivity contribution is 0.431. The molecule has 1 aliphatic heterocycles. The molecule has 1 atom stereocenters. The highest BCUT2D eigenvalue weighted by Gasteiger charge is 2.19. The highest BCUT2D eigenvalue weighted by Crippen LogP contribution is 2.27. The van der Waals surface area contributed by atoms with Gasteiger partial charge in [-0.1, -0.05) is 18.2 Å². The second-order valence-electron chi connectivity index (χ2n) is 4.42. The van der Waals surface area contributed by atoms with E-state index in [-0.39, 0.29) is 0 Å². The maximum absolute atomic E-state index is 3.57. The lowest BCUT2D eigenvalue weighted by Gasteiger charge is -2.25. The summed E-state index contributed by atoms with van der Waals surface area (Å²) in [6, 6.07) is 8.96. The predicted molar refractivity (Wildman–Crippen MR) is 66.6 cm³/mol. The molecule has 3 N–H and O–H groups in total. The van der Waals surface area contributed by atoms with E-state index < -0.39 is 0 Å². The van der Waals surface area contributed by atoms with Crippen molar-refractivity contribution >= 4 is 10.9 Å². The number of nitrogens with one attached hydrogen (secondary N) is 3. The second kappa shape index (κ2) is 3.92. The molecule has 1 aromatic heterocycles. The van der Waals surface area contributed by atoms with E-state index in [4.69, 9.17) is 0 Å². The predicted octanol–water partition coefficient (Wildman–Crippen LogP) is 1.71. The molecule has 0 spiro atoms. The van der Waals surface area contributed by atoms with Gasteiger partial charge in [0, 0.05) is 42.3 Å². The Hall–Kier alpha value is -1.32. The number of aryl methyl sites for hydroxylation is 1. The van der Waals surface area contributed by atoms with Crippen LogP contribution in [0.5, 0.6) is 0 Å². The zero-order chi connectivity index (χ0) is 11.0. The summed E-state index contributed by atoms with van der Waals surface area (Å²) in [4.78, 5) is 3.46. The molecule has 1 aliphatic rings. The number of piperazine rings is 1. The fourth-order valence-corrected chi connectivity index (χ4v) is 2.60. The molecule has 0 aliphatic carbocycles. The quantitative estimate of drug-likeness (QED) is 0.677. The molecule has 0 bridgehead atoms. The number of hydrogen-bond acceptors (Lipinski definition) is 2. The van der Waals surface area contributed by atoms with Gasteiger partial charge < -0.3 is 15.6 Å². The van der Waals surface area contributed by atoms with E-state index in [1.165, 1.54) is 22.2 Å². The standard InChI is InChI=1S/C13H17N3/c1-9-13(12-8-14-6-7-15-12)10-4-2-3-5-11(10)16-9/h2-5,12,14-16H,6-8H2,1H3/t12-/m1/s1. The van der Waals surface area contributed by atoms with E-state index in [0.717, 1.165) is 19.6 Å². The number of hydrogen-bond donors (Lipinski definition) is 3. The lowest BCUT2D eigenvalue weighted by Crippen LogP contribution is -2.42. The highest BCUT2D eigenvalue weighted by atomic mass is 15.1. The van der Waals surface area contributed by atoms with Crippen molar-refractivity contribution in [3.63, 3.8) is 0 Å². The van der Waals surface area contributed by atoms with Crippen LogP contribution in [0.4, 0.5) is 0 Å². The van der Waals surface area contributed by atoms with Crippen LogP contribution in [0, 0.1) is 6.92 Å². The third-order valence-corrected chi connectivity index (χ3v) is 3.33. The van der Waals surface area contributed by atoms with Crippen molar-refractivity contribution in [2.24, 2.45) is 0 Å². The monoisotopic (exact) mass is 215 g/mol. The Balaban J connectivity index is 2.10. The van der Waals surface area contributed by atoms with E-state index in [9.17, 15) is 0 Å². The van der Waals surface area contributed by atoms with Crippen LogP contribution in [0.3, 0.4) is 0 Å². The van der Waals surface area contributed by atoms with Crippen molar-refractivity contribution in [1.82, 2.24) is 15.6 Å². The minimum absolute atomic E-state index is 0.435. The Morgan fingerprint density at radius 2 is 2.06 bits per heavy atom. The molecule has 1 saturated heterocycles. The van der Waals surface area contributed by atoms with E-state index in [2.05, 4.69) is 46.8 Å². The molecule has 3 nitrogen and oxygen atoms in total. The fourth-order valence-electron chi connectivity index (χ4n) is 2.60. The van der Waals surface area contributed by atoms with Crippen LogP contribution in [-0.2, 0) is 0 Å². The fraction of sp³-hybridized carbons (Fsp3) is 0.385. The largest absolute Gasteiger partial charge is 0.358 e. The van der Waals surface area contributed by atoms with Gasteiger partial charge in [-0.2, -0.15) is 0 Å². The molecular formula is C13H17N3. The van der Waals surface area contributed by atoms with Crippen LogP contribution in [0.2, 0.25) is 0 Å². The first-order chi connectivity index (χ1) is 7.86. The summed E-state index contributed by atoms with van der Waals surface area (Å²) in [5.41, 5.74) is 3.94. The Labute approximate surface area is 95.2 Å². The van der Waals surface area contributed by atoms with Crippen molar-refractivity contribution < 1.29 is 0 Å². The van der Waals surface area contributed by atoms with Crippen LogP contribution in [-0.4, -0.2) is 24.6 Å². The third kappa shape index (κ3) is 1.52. The molecule has 1 aromatic carbocycles. The second-order valence-corrected chi connectivity index (χ2v) is 4.42. The van der Waals surface area contributed by atoms with Gasteiger partial charge in [0.1, 0.15) is 0 Å². The minimum atomic E-state index is 0.435. The number of benzene rings is 1. The average molecular weight is 215 g/mol. The molecule has 2 aromatic rings. The van der Waals surface area contributed by atoms with E-state index in [1.807, 2.05) is 0 Å². The van der Waals surface area contributed by atoms with Gasteiger partial charge in [0.2, 0.25) is 0 Å². The maximum atomic E-state index is 3.57. The Kier molecular flexibility index (Phi) is 2.42. The molecular weight excluding hydrogens is 198 g/mol. The van der Waals surface area contributed by atoms with Crippen molar-refractivity contribution in [3.05, 3.63) is 35.5 Å². The summed E-state index contributed by atoms with van der Waals surface area (Å²) in [5, 5.41) is 8.36. The van der Waals surface area contributed by atoms with E-state index >= 15 is 0 Å². The summed E-state index contributed by atoms with van der Waals surface area (Å²) in [6.07, 6.45) is 0. The Bertz CT molecular complexity index is 495. The molecule has 3 heteroatoms. The van der Waals surface area contributed by atoms with Crippen LogP contribution in [0.15, 0.2) is 24.3 Å². The van der Waals surface area contributed by atoms with E-state index in [0.29, 0.717) is 6.04 Å². The van der Waals surface area contributed by atoms with Crippen molar-refractivity contribution in [3.8, 4) is 0 Å². The van der Waals surface area contributed by atoms with Gasteiger partial charge >= 0.3 is 0 Å². The van der Waals surface area contributed by atoms with Crippen LogP contribution < -0.4 is 10.6 Å². The molecule has 0 saturated carbocycles. The number of rotatable bonds is 1. The van der Waals surface area contributed by atoms with Gasteiger partial charge in [0.05, 0.1) is 0 Å². The molecule has 0 unspecified atom stereocenters. The molecule has 0 radical (unpaired) electrons. The normalized spacial score (nSPS) is 21.4. The molecule has 84 valence electrons. The van der Waals surface area contributed by atoms with Crippen molar-refractivity contribution in [2.75, 3.05) is 19.6 Å². The van der Waals surface area contributed by atoms with Crippen molar-refractivity contribution in [1.29, 1.82) is 0 Å². The third-order valence-electron chi connectivity index (χ3n) is 3.33. The average Bonchev–Trinajstić information content (AvgIpc) is 2.66. The summed E-state index contributed by atoms with van der Waals surface area (Å²) in [7, 11) is 0. The molecule has 3 rings (SSSR count). The Morgan fingerprint density at radius 1 is 1.19 bits per heavy atom. The zero-order valence-electron chi connectivity index (χ0n) is 9.51. The first kappa shape index (κ1) is 9.87. The summed E-state index contributed by atoms with van der Waals surface area (Å²) < 4.78 is 0. The van der Waals surface area contributed by atoms with Gasteiger partial charge in [0.15, 0.2) is 0 Å². The van der Waals surface area contributed by atoms with Gasteiger partial charge in [-0.25, -0.2) is 0 Å². The number of para-hydroxylation sites is 1. The molecule has 2 heterocycles. The smallest absolute Gasteiger partial charge is 0.0471 e. The van der Waals surface area contributed by atoms with Gasteiger partial charge in [-0.05, 0) is 18.6 Å². The first-order valence-corrected chi connectivity index (χ1v) is 5.87. The topological polar surface area (TPSA) is 39.9 Å².